The predicted octanol–water partition coefficient (Wildman–Crippen LogP) is 3.34. The summed E-state index contributed by atoms with van der Waals surface area (Å²) in [5.41, 5.74) is 2.55. The number of benzene rings is 1. The summed E-state index contributed by atoms with van der Waals surface area (Å²) in [6, 6.07) is 4.85. The van der Waals surface area contributed by atoms with Crippen LogP contribution < -0.4 is 5.32 Å². The van der Waals surface area contributed by atoms with E-state index in [0.717, 1.165) is 10.0 Å². The van der Waals surface area contributed by atoms with Crippen molar-refractivity contribution in [3.05, 3.63) is 51.3 Å². The lowest BCUT2D eigenvalue weighted by Gasteiger charge is -2.10. The molecule has 2 aromatic rings. The fourth-order valence-electron chi connectivity index (χ4n) is 1.85. The number of carboxylic acid groups (broad SMARTS) is 1. The smallest absolute Gasteiger partial charge is 0.336 e. The Hall–Kier alpha value is -2.08. The zero-order valence-corrected chi connectivity index (χ0v) is 12.5. The number of rotatable bonds is 3. The van der Waals surface area contributed by atoms with Crippen LogP contribution in [0, 0.1) is 13.8 Å². The lowest BCUT2D eigenvalue weighted by molar-refractivity contribution is 0.0695. The molecule has 0 aliphatic carbocycles. The highest BCUT2D eigenvalue weighted by atomic mass is 79.9. The topological polar surface area (TPSA) is 82.2 Å². The van der Waals surface area contributed by atoms with E-state index >= 15 is 0 Å². The van der Waals surface area contributed by atoms with Gasteiger partial charge in [-0.05, 0) is 59.1 Å². The van der Waals surface area contributed by atoms with Crippen molar-refractivity contribution < 1.29 is 14.7 Å². The van der Waals surface area contributed by atoms with Crippen molar-refractivity contribution in [1.29, 1.82) is 0 Å². The Morgan fingerprint density at radius 3 is 2.50 bits per heavy atom. The number of aromatic amines is 1. The molecule has 0 radical (unpaired) electrons. The number of amides is 1. The van der Waals surface area contributed by atoms with Crippen LogP contribution in [0.3, 0.4) is 0 Å². The molecule has 0 saturated heterocycles. The van der Waals surface area contributed by atoms with Gasteiger partial charge in [-0.1, -0.05) is 0 Å². The average molecular weight is 337 g/mol. The van der Waals surface area contributed by atoms with Crippen molar-refractivity contribution in [2.45, 2.75) is 13.8 Å². The molecule has 0 bridgehead atoms. The van der Waals surface area contributed by atoms with Gasteiger partial charge in [-0.25, -0.2) is 4.79 Å². The largest absolute Gasteiger partial charge is 0.478 e. The lowest BCUT2D eigenvalue weighted by atomic mass is 10.0. The Labute approximate surface area is 124 Å². The van der Waals surface area contributed by atoms with Gasteiger partial charge in [0, 0.05) is 16.4 Å². The highest BCUT2D eigenvalue weighted by Crippen LogP contribution is 2.21. The van der Waals surface area contributed by atoms with Crippen molar-refractivity contribution in [3.63, 3.8) is 0 Å². The van der Waals surface area contributed by atoms with Gasteiger partial charge >= 0.3 is 5.97 Å². The molecule has 0 aliphatic rings. The summed E-state index contributed by atoms with van der Waals surface area (Å²) >= 11 is 3.25. The van der Waals surface area contributed by atoms with Crippen LogP contribution in [0.15, 0.2) is 28.9 Å². The Morgan fingerprint density at radius 1 is 1.25 bits per heavy atom. The van der Waals surface area contributed by atoms with Crippen LogP contribution in [0.1, 0.15) is 32.0 Å². The third-order valence-corrected chi connectivity index (χ3v) is 3.51. The van der Waals surface area contributed by atoms with Gasteiger partial charge in [-0.3, -0.25) is 4.79 Å². The number of aromatic nitrogens is 1. The molecule has 0 atom stereocenters. The first-order chi connectivity index (χ1) is 9.38. The van der Waals surface area contributed by atoms with Crippen LogP contribution >= 0.6 is 15.9 Å². The lowest BCUT2D eigenvalue weighted by Crippen LogP contribution is -2.13. The molecule has 1 heterocycles. The van der Waals surface area contributed by atoms with E-state index in [0.29, 0.717) is 16.9 Å². The maximum atomic E-state index is 12.0. The van der Waals surface area contributed by atoms with Crippen molar-refractivity contribution in [2.24, 2.45) is 0 Å². The quantitative estimate of drug-likeness (QED) is 0.803. The number of carboxylic acids is 1. The minimum absolute atomic E-state index is 0.188. The maximum Gasteiger partial charge on any atom is 0.336 e. The zero-order chi connectivity index (χ0) is 14.9. The van der Waals surface area contributed by atoms with Gasteiger partial charge in [0.15, 0.2) is 0 Å². The predicted molar refractivity (Wildman–Crippen MR) is 79.3 cm³/mol. The Bertz CT molecular complexity index is 692. The third-order valence-electron chi connectivity index (χ3n) is 3.05. The van der Waals surface area contributed by atoms with E-state index in [4.69, 9.17) is 5.11 Å². The molecular weight excluding hydrogens is 324 g/mol. The molecule has 2 rings (SSSR count). The number of halogens is 1. The van der Waals surface area contributed by atoms with Gasteiger partial charge in [0.2, 0.25) is 0 Å². The second-order valence-corrected chi connectivity index (χ2v) is 5.37. The molecule has 104 valence electrons. The van der Waals surface area contributed by atoms with Gasteiger partial charge in [0.25, 0.3) is 5.91 Å². The maximum absolute atomic E-state index is 12.0. The SMILES string of the molecule is Cc1cc(NC(=O)c2cc(Br)c[nH]2)cc(C(=O)O)c1C. The number of carbonyl (C=O) groups excluding carboxylic acids is 1. The summed E-state index contributed by atoms with van der Waals surface area (Å²) in [6.45, 7) is 3.55. The molecule has 1 amide bonds. The number of hydrogen-bond acceptors (Lipinski definition) is 2. The summed E-state index contributed by atoms with van der Waals surface area (Å²) in [5, 5.41) is 11.8. The van der Waals surface area contributed by atoms with Crippen LogP contribution in [-0.2, 0) is 0 Å². The minimum atomic E-state index is -1.01. The standard InChI is InChI=1S/C14H13BrN2O3/c1-7-3-10(5-11(8(7)2)14(19)20)17-13(18)12-4-9(15)6-16-12/h3-6,16H,1-2H3,(H,17,18)(H,19,20). The van der Waals surface area contributed by atoms with E-state index in [1.807, 2.05) is 6.92 Å². The van der Waals surface area contributed by atoms with Crippen molar-refractivity contribution in [3.8, 4) is 0 Å². The fourth-order valence-corrected chi connectivity index (χ4v) is 2.19. The van der Waals surface area contributed by atoms with Crippen LogP contribution in [0.25, 0.3) is 0 Å². The van der Waals surface area contributed by atoms with Crippen LogP contribution in [0.4, 0.5) is 5.69 Å². The molecule has 5 nitrogen and oxygen atoms in total. The number of hydrogen-bond donors (Lipinski definition) is 3. The molecular formula is C14H13BrN2O3. The van der Waals surface area contributed by atoms with E-state index in [1.54, 1.807) is 25.3 Å². The average Bonchev–Trinajstić information content (AvgIpc) is 2.80. The number of aromatic carboxylic acids is 1. The number of carbonyl (C=O) groups is 2. The second kappa shape index (κ2) is 5.50. The van der Waals surface area contributed by atoms with E-state index in [2.05, 4.69) is 26.2 Å². The number of H-pyrrole nitrogens is 1. The van der Waals surface area contributed by atoms with E-state index < -0.39 is 5.97 Å². The van der Waals surface area contributed by atoms with Gasteiger partial charge in [0.05, 0.1) is 5.56 Å². The van der Waals surface area contributed by atoms with E-state index in [9.17, 15) is 9.59 Å². The van der Waals surface area contributed by atoms with Gasteiger partial charge in [-0.15, -0.1) is 0 Å². The minimum Gasteiger partial charge on any atom is -0.478 e. The molecule has 0 saturated carbocycles. The fraction of sp³-hybridized carbons (Fsp3) is 0.143. The molecule has 6 heteroatoms. The normalized spacial score (nSPS) is 10.3. The van der Waals surface area contributed by atoms with Crippen molar-refractivity contribution >= 4 is 33.5 Å². The Morgan fingerprint density at radius 2 is 1.95 bits per heavy atom. The van der Waals surface area contributed by atoms with Gasteiger partial charge in [-0.2, -0.15) is 0 Å². The number of anilines is 1. The van der Waals surface area contributed by atoms with E-state index in [-0.39, 0.29) is 11.5 Å². The molecule has 3 N–H and O–H groups in total. The molecule has 1 aromatic carbocycles. The molecule has 0 spiro atoms. The van der Waals surface area contributed by atoms with Crippen LogP contribution in [-0.4, -0.2) is 22.0 Å². The molecule has 20 heavy (non-hydrogen) atoms. The van der Waals surface area contributed by atoms with Gasteiger partial charge in [0.1, 0.15) is 5.69 Å². The first-order valence-corrected chi connectivity index (χ1v) is 6.67. The van der Waals surface area contributed by atoms with Crippen LogP contribution in [0.2, 0.25) is 0 Å². The van der Waals surface area contributed by atoms with E-state index in [1.165, 1.54) is 6.07 Å². The first kappa shape index (κ1) is 14.3. The highest BCUT2D eigenvalue weighted by molar-refractivity contribution is 9.10. The monoisotopic (exact) mass is 336 g/mol. The summed E-state index contributed by atoms with van der Waals surface area (Å²) in [5.74, 6) is -1.33. The zero-order valence-electron chi connectivity index (χ0n) is 11.0. The number of aryl methyl sites for hydroxylation is 1. The van der Waals surface area contributed by atoms with Crippen LogP contribution in [0.5, 0.6) is 0 Å². The summed E-state index contributed by atoms with van der Waals surface area (Å²) in [7, 11) is 0. The summed E-state index contributed by atoms with van der Waals surface area (Å²) in [4.78, 5) is 26.0. The first-order valence-electron chi connectivity index (χ1n) is 5.88. The molecule has 0 aliphatic heterocycles. The third kappa shape index (κ3) is 2.91. The van der Waals surface area contributed by atoms with Crippen molar-refractivity contribution in [1.82, 2.24) is 4.98 Å². The Kier molecular flexibility index (Phi) is 3.94. The second-order valence-electron chi connectivity index (χ2n) is 4.46. The summed E-state index contributed by atoms with van der Waals surface area (Å²) in [6.07, 6.45) is 1.65. The molecule has 0 fully saturated rings. The summed E-state index contributed by atoms with van der Waals surface area (Å²) < 4.78 is 0.772. The molecule has 0 unspecified atom stereocenters. The van der Waals surface area contributed by atoms with Crippen molar-refractivity contribution in [2.75, 3.05) is 5.32 Å². The van der Waals surface area contributed by atoms with Gasteiger partial charge < -0.3 is 15.4 Å². The Balaban J connectivity index is 2.30. The number of nitrogens with one attached hydrogen (secondary N) is 2. The molecule has 1 aromatic heterocycles. The highest BCUT2D eigenvalue weighted by Gasteiger charge is 2.13.